The Bertz CT molecular complexity index is 503. The van der Waals surface area contributed by atoms with Crippen LogP contribution in [0.3, 0.4) is 0 Å². The minimum atomic E-state index is 0.0890. The number of carbonyl (C=O) groups is 1. The number of hydrogen-bond donors (Lipinski definition) is 1. The lowest BCUT2D eigenvalue weighted by atomic mass is 10.0. The molecule has 2 rings (SSSR count). The Morgan fingerprint density at radius 2 is 2.12 bits per heavy atom. The second-order valence-electron chi connectivity index (χ2n) is 3.61. The van der Waals surface area contributed by atoms with Gasteiger partial charge >= 0.3 is 0 Å². The van der Waals surface area contributed by atoms with Gasteiger partial charge in [0.05, 0.1) is 6.54 Å². The highest BCUT2D eigenvalue weighted by Gasteiger charge is 2.09. The first kappa shape index (κ1) is 10.8. The molecule has 1 N–H and O–H groups in total. The smallest absolute Gasteiger partial charge is 0.178 e. The molecule has 0 saturated carbocycles. The van der Waals surface area contributed by atoms with Crippen molar-refractivity contribution in [2.24, 2.45) is 0 Å². The van der Waals surface area contributed by atoms with Gasteiger partial charge in [0.1, 0.15) is 0 Å². The molecule has 0 fully saturated rings. The van der Waals surface area contributed by atoms with Crippen LogP contribution in [0.15, 0.2) is 36.7 Å². The number of nitrogens with one attached hydrogen (secondary N) is 1. The number of carbonyl (C=O) groups excluding carboxylic acids is 1. The minimum Gasteiger partial charge on any atom is -0.310 e. The van der Waals surface area contributed by atoms with Gasteiger partial charge in [-0.1, -0.05) is 31.2 Å². The summed E-state index contributed by atoms with van der Waals surface area (Å²) < 4.78 is 0. The number of hydrogen-bond acceptors (Lipinski definition) is 3. The quantitative estimate of drug-likeness (QED) is 0.792. The highest BCUT2D eigenvalue weighted by molar-refractivity contribution is 6.08. The predicted octanol–water partition coefficient (Wildman–Crippen LogP) is 2.03. The first-order valence-corrected chi connectivity index (χ1v) is 5.39. The number of ketones is 1. The molecule has 0 atom stereocenters. The fraction of sp³-hybridized carbons (Fsp3) is 0.231. The summed E-state index contributed by atoms with van der Waals surface area (Å²) >= 11 is 0. The molecule has 2 aromatic rings. The zero-order chi connectivity index (χ0) is 11.4. The summed E-state index contributed by atoms with van der Waals surface area (Å²) in [7, 11) is 0. The Morgan fingerprint density at radius 3 is 2.94 bits per heavy atom. The van der Waals surface area contributed by atoms with E-state index in [1.165, 1.54) is 0 Å². The van der Waals surface area contributed by atoms with Crippen molar-refractivity contribution in [2.75, 3.05) is 13.1 Å². The Balaban J connectivity index is 2.40. The van der Waals surface area contributed by atoms with Gasteiger partial charge in [0, 0.05) is 23.3 Å². The number of benzene rings is 1. The Kier molecular flexibility index (Phi) is 3.27. The molecule has 0 aliphatic carbocycles. The average Bonchev–Trinajstić information content (AvgIpc) is 2.35. The fourth-order valence-electron chi connectivity index (χ4n) is 1.67. The van der Waals surface area contributed by atoms with E-state index < -0.39 is 0 Å². The third-order valence-corrected chi connectivity index (χ3v) is 2.50. The first-order chi connectivity index (χ1) is 7.83. The van der Waals surface area contributed by atoms with Crippen LogP contribution in [0.2, 0.25) is 0 Å². The van der Waals surface area contributed by atoms with Crippen molar-refractivity contribution in [3.8, 4) is 0 Å². The van der Waals surface area contributed by atoms with Crippen molar-refractivity contribution in [2.45, 2.75) is 6.92 Å². The Hall–Kier alpha value is -1.74. The summed E-state index contributed by atoms with van der Waals surface area (Å²) in [5.41, 5.74) is 0.694. The largest absolute Gasteiger partial charge is 0.310 e. The van der Waals surface area contributed by atoms with Crippen LogP contribution in [0.25, 0.3) is 10.8 Å². The molecule has 3 nitrogen and oxygen atoms in total. The van der Waals surface area contributed by atoms with Gasteiger partial charge in [0.15, 0.2) is 5.78 Å². The number of aromatic nitrogens is 1. The number of nitrogens with zero attached hydrogens (tertiary/aromatic N) is 1. The predicted molar refractivity (Wildman–Crippen MR) is 64.6 cm³/mol. The zero-order valence-corrected chi connectivity index (χ0v) is 9.23. The molecule has 0 bridgehead atoms. The van der Waals surface area contributed by atoms with E-state index >= 15 is 0 Å². The molecule has 1 aromatic heterocycles. The monoisotopic (exact) mass is 214 g/mol. The van der Waals surface area contributed by atoms with Crippen LogP contribution in [-0.4, -0.2) is 23.9 Å². The molecule has 16 heavy (non-hydrogen) atoms. The summed E-state index contributed by atoms with van der Waals surface area (Å²) in [5, 5.41) is 5.01. The maximum absolute atomic E-state index is 11.9. The second kappa shape index (κ2) is 4.86. The summed E-state index contributed by atoms with van der Waals surface area (Å²) in [6, 6.07) is 7.80. The van der Waals surface area contributed by atoms with Gasteiger partial charge in [-0.05, 0) is 11.9 Å². The van der Waals surface area contributed by atoms with Crippen molar-refractivity contribution in [1.29, 1.82) is 0 Å². The number of pyridine rings is 1. The van der Waals surface area contributed by atoms with Gasteiger partial charge in [-0.3, -0.25) is 9.78 Å². The maximum Gasteiger partial charge on any atom is 0.178 e. The average molecular weight is 214 g/mol. The standard InChI is InChI=1S/C13H14N2O/c1-2-14-9-13(16)12-8-15-7-10-5-3-4-6-11(10)12/h3-8,14H,2,9H2,1H3. The van der Waals surface area contributed by atoms with Gasteiger partial charge in [-0.25, -0.2) is 0 Å². The second-order valence-corrected chi connectivity index (χ2v) is 3.61. The number of Topliss-reactive ketones (excluding diaryl/α,β-unsaturated/α-hetero) is 1. The van der Waals surface area contributed by atoms with E-state index in [1.807, 2.05) is 31.2 Å². The van der Waals surface area contributed by atoms with Gasteiger partial charge in [0.2, 0.25) is 0 Å². The minimum absolute atomic E-state index is 0.0890. The molecule has 0 amide bonds. The van der Waals surface area contributed by atoms with Gasteiger partial charge < -0.3 is 5.32 Å². The molecule has 0 unspecified atom stereocenters. The summed E-state index contributed by atoms with van der Waals surface area (Å²) in [4.78, 5) is 16.0. The summed E-state index contributed by atoms with van der Waals surface area (Å²) in [6.45, 7) is 3.14. The lowest BCUT2D eigenvalue weighted by Gasteiger charge is -2.05. The van der Waals surface area contributed by atoms with E-state index in [-0.39, 0.29) is 5.78 Å². The molecular weight excluding hydrogens is 200 g/mol. The van der Waals surface area contributed by atoms with Crippen molar-refractivity contribution >= 4 is 16.6 Å². The Morgan fingerprint density at radius 1 is 1.31 bits per heavy atom. The molecule has 0 spiro atoms. The molecule has 1 aromatic carbocycles. The molecule has 1 heterocycles. The van der Waals surface area contributed by atoms with Crippen LogP contribution in [-0.2, 0) is 0 Å². The molecule has 0 saturated heterocycles. The van der Waals surface area contributed by atoms with Gasteiger partial charge in [-0.15, -0.1) is 0 Å². The van der Waals surface area contributed by atoms with Crippen LogP contribution in [0.5, 0.6) is 0 Å². The highest BCUT2D eigenvalue weighted by atomic mass is 16.1. The number of rotatable bonds is 4. The van der Waals surface area contributed by atoms with E-state index in [4.69, 9.17) is 0 Å². The maximum atomic E-state index is 11.9. The SMILES string of the molecule is CCNCC(=O)c1cncc2ccccc12. The third-order valence-electron chi connectivity index (χ3n) is 2.50. The summed E-state index contributed by atoms with van der Waals surface area (Å²) in [5.74, 6) is 0.0890. The van der Waals surface area contributed by atoms with E-state index in [9.17, 15) is 4.79 Å². The Labute approximate surface area is 94.5 Å². The molecule has 0 aliphatic heterocycles. The van der Waals surface area contributed by atoms with Crippen LogP contribution >= 0.6 is 0 Å². The third kappa shape index (κ3) is 2.09. The molecule has 82 valence electrons. The van der Waals surface area contributed by atoms with Gasteiger partial charge in [-0.2, -0.15) is 0 Å². The lowest BCUT2D eigenvalue weighted by molar-refractivity contribution is 0.0993. The topological polar surface area (TPSA) is 42.0 Å². The van der Waals surface area contributed by atoms with E-state index in [0.29, 0.717) is 12.1 Å². The molecule has 0 radical (unpaired) electrons. The number of fused-ring (bicyclic) bond motifs is 1. The van der Waals surface area contributed by atoms with Gasteiger partial charge in [0.25, 0.3) is 0 Å². The van der Waals surface area contributed by atoms with E-state index in [2.05, 4.69) is 10.3 Å². The highest BCUT2D eigenvalue weighted by Crippen LogP contribution is 2.17. The molecular formula is C13H14N2O. The van der Waals surface area contributed by atoms with Crippen molar-refractivity contribution in [3.05, 3.63) is 42.2 Å². The van der Waals surface area contributed by atoms with Crippen LogP contribution in [0.4, 0.5) is 0 Å². The van der Waals surface area contributed by atoms with E-state index in [1.54, 1.807) is 12.4 Å². The van der Waals surface area contributed by atoms with Crippen LogP contribution < -0.4 is 5.32 Å². The van der Waals surface area contributed by atoms with Crippen LogP contribution in [0, 0.1) is 0 Å². The molecule has 0 aliphatic rings. The number of likely N-dealkylation sites (N-methyl/N-ethyl adjacent to an activating group) is 1. The van der Waals surface area contributed by atoms with Crippen LogP contribution in [0.1, 0.15) is 17.3 Å². The normalized spacial score (nSPS) is 10.6. The lowest BCUT2D eigenvalue weighted by Crippen LogP contribution is -2.22. The van der Waals surface area contributed by atoms with E-state index in [0.717, 1.165) is 17.3 Å². The fourth-order valence-corrected chi connectivity index (χ4v) is 1.67. The molecule has 3 heteroatoms. The van der Waals surface area contributed by atoms with Crippen molar-refractivity contribution in [1.82, 2.24) is 10.3 Å². The first-order valence-electron chi connectivity index (χ1n) is 5.39. The van der Waals surface area contributed by atoms with Crippen molar-refractivity contribution < 1.29 is 4.79 Å². The van der Waals surface area contributed by atoms with Crippen molar-refractivity contribution in [3.63, 3.8) is 0 Å². The summed E-state index contributed by atoms with van der Waals surface area (Å²) in [6.07, 6.45) is 3.42. The zero-order valence-electron chi connectivity index (χ0n) is 9.23.